The highest BCUT2D eigenvalue weighted by Crippen LogP contribution is 2.27. The summed E-state index contributed by atoms with van der Waals surface area (Å²) >= 11 is 6.67. The molecular formula is C26H25ClFN3O4S2. The number of anilines is 1. The number of likely N-dealkylation sites (N-methyl/N-ethyl adjacent to an activating group) is 1. The number of nitrogens with zero attached hydrogens (tertiary/aromatic N) is 2. The van der Waals surface area contributed by atoms with Crippen molar-refractivity contribution in [2.45, 2.75) is 10.6 Å². The number of hydrogen-bond acceptors (Lipinski definition) is 7. The highest BCUT2D eigenvalue weighted by Gasteiger charge is 2.22. The molecule has 0 saturated heterocycles. The Balaban J connectivity index is 1.51. The number of fused-ring (bicyclic) bond motifs is 1. The van der Waals surface area contributed by atoms with Crippen molar-refractivity contribution in [1.29, 1.82) is 0 Å². The van der Waals surface area contributed by atoms with E-state index in [1.165, 1.54) is 35.0 Å². The van der Waals surface area contributed by atoms with E-state index in [1.54, 1.807) is 12.1 Å². The van der Waals surface area contributed by atoms with Crippen LogP contribution in [0.5, 0.6) is 0 Å². The van der Waals surface area contributed by atoms with Crippen LogP contribution in [0.15, 0.2) is 69.8 Å². The van der Waals surface area contributed by atoms with Gasteiger partial charge in [-0.25, -0.2) is 12.8 Å². The summed E-state index contributed by atoms with van der Waals surface area (Å²) in [5.41, 5.74) is 0.863. The number of nitrogens with one attached hydrogen (secondary N) is 1. The number of benzene rings is 2. The second kappa shape index (κ2) is 11.1. The quantitative estimate of drug-likeness (QED) is 0.309. The van der Waals surface area contributed by atoms with Crippen LogP contribution in [0.4, 0.5) is 10.1 Å². The Labute approximate surface area is 223 Å². The van der Waals surface area contributed by atoms with E-state index in [-0.39, 0.29) is 21.9 Å². The molecule has 0 fully saturated rings. The number of sulfone groups is 1. The Kier molecular flexibility index (Phi) is 8.13. The third-order valence-electron chi connectivity index (χ3n) is 5.67. The number of halogens is 2. The van der Waals surface area contributed by atoms with Gasteiger partial charge in [-0.2, -0.15) is 0 Å². The number of rotatable bonds is 10. The van der Waals surface area contributed by atoms with Crippen molar-refractivity contribution in [2.24, 2.45) is 0 Å². The van der Waals surface area contributed by atoms with Crippen LogP contribution < -0.4 is 10.9 Å². The van der Waals surface area contributed by atoms with E-state index in [0.717, 1.165) is 41.6 Å². The summed E-state index contributed by atoms with van der Waals surface area (Å²) in [6, 6.07) is 14.0. The van der Waals surface area contributed by atoms with Crippen molar-refractivity contribution >= 4 is 55.0 Å². The molecule has 2 aromatic heterocycles. The molecule has 37 heavy (non-hydrogen) atoms. The van der Waals surface area contributed by atoms with E-state index >= 15 is 4.39 Å². The normalized spacial score (nSPS) is 11.8. The molecule has 2 aromatic carbocycles. The van der Waals surface area contributed by atoms with Gasteiger partial charge in [0.15, 0.2) is 15.6 Å². The lowest BCUT2D eigenvalue weighted by Crippen LogP contribution is -2.21. The maximum Gasteiger partial charge on any atom is 0.263 e. The van der Waals surface area contributed by atoms with Gasteiger partial charge in [-0.3, -0.25) is 14.2 Å². The summed E-state index contributed by atoms with van der Waals surface area (Å²) in [5.74, 6) is -1.97. The molecule has 2 heterocycles. The molecule has 0 unspecified atom stereocenters. The summed E-state index contributed by atoms with van der Waals surface area (Å²) in [4.78, 5) is 27.6. The zero-order valence-corrected chi connectivity index (χ0v) is 22.6. The van der Waals surface area contributed by atoms with E-state index in [2.05, 4.69) is 10.2 Å². The largest absolute Gasteiger partial charge is 0.384 e. The minimum absolute atomic E-state index is 0.0134. The average Bonchev–Trinajstić information content (AvgIpc) is 3.27. The Bertz CT molecular complexity index is 1630. The van der Waals surface area contributed by atoms with E-state index in [4.69, 9.17) is 11.6 Å². The molecule has 0 amide bonds. The molecular weight excluding hydrogens is 537 g/mol. The SMILES string of the molecule is CN(C)CCNc1ccc2c(=O)n(-c3ccc(CC(=O)CS(=O)(=O)c4ccc(Cl)s4)cc3F)ccc2c1. The fraction of sp³-hybridized carbons (Fsp3) is 0.231. The number of hydrogen-bond donors (Lipinski definition) is 1. The van der Waals surface area contributed by atoms with Gasteiger partial charge in [-0.1, -0.05) is 17.7 Å². The van der Waals surface area contributed by atoms with Crippen LogP contribution in [0.1, 0.15) is 5.56 Å². The maximum atomic E-state index is 15.0. The number of carbonyl (C=O) groups excluding carboxylic acids is 1. The molecule has 11 heteroatoms. The van der Waals surface area contributed by atoms with Crippen LogP contribution in [0, 0.1) is 5.82 Å². The fourth-order valence-electron chi connectivity index (χ4n) is 3.85. The molecule has 0 aliphatic carbocycles. The van der Waals surface area contributed by atoms with Crippen molar-refractivity contribution in [2.75, 3.05) is 38.3 Å². The third-order valence-corrected chi connectivity index (χ3v) is 9.16. The monoisotopic (exact) mass is 561 g/mol. The topological polar surface area (TPSA) is 88.5 Å². The summed E-state index contributed by atoms with van der Waals surface area (Å²) in [5, 5.41) is 4.48. The fourth-order valence-corrected chi connectivity index (χ4v) is 6.67. The van der Waals surface area contributed by atoms with E-state index < -0.39 is 27.2 Å². The molecule has 0 bridgehead atoms. The summed E-state index contributed by atoms with van der Waals surface area (Å²) in [6.45, 7) is 1.61. The highest BCUT2D eigenvalue weighted by molar-refractivity contribution is 7.94. The Morgan fingerprint density at radius 3 is 2.57 bits per heavy atom. The molecule has 0 aliphatic heterocycles. The molecule has 194 valence electrons. The molecule has 0 spiro atoms. The van der Waals surface area contributed by atoms with Crippen molar-refractivity contribution < 1.29 is 17.6 Å². The van der Waals surface area contributed by atoms with Gasteiger partial charge in [0.25, 0.3) is 5.56 Å². The zero-order valence-electron chi connectivity index (χ0n) is 20.2. The van der Waals surface area contributed by atoms with Gasteiger partial charge in [0.2, 0.25) is 0 Å². The third kappa shape index (κ3) is 6.45. The molecule has 0 atom stereocenters. The molecule has 4 aromatic rings. The molecule has 4 rings (SSSR count). The van der Waals surface area contributed by atoms with Crippen LogP contribution in [-0.2, 0) is 21.1 Å². The average molecular weight is 562 g/mol. The smallest absolute Gasteiger partial charge is 0.263 e. The Morgan fingerprint density at radius 1 is 1.11 bits per heavy atom. The number of ketones is 1. The Hall–Kier alpha value is -3.05. The lowest BCUT2D eigenvalue weighted by Gasteiger charge is -2.13. The molecule has 0 saturated carbocycles. The van der Waals surface area contributed by atoms with Crippen LogP contribution in [-0.4, -0.2) is 56.6 Å². The van der Waals surface area contributed by atoms with E-state index in [9.17, 15) is 18.0 Å². The standard InChI is InChI=1S/C26H25ClFN3O4S2/c1-30(2)12-10-29-19-4-5-21-18(15-19)9-11-31(26(21)33)23-6-3-17(14-22(23)28)13-20(32)16-37(34,35)25-8-7-24(27)36-25/h3-9,11,14-15,29H,10,12-13,16H2,1-2H3. The first-order chi connectivity index (χ1) is 17.5. The molecule has 0 aliphatic rings. The lowest BCUT2D eigenvalue weighted by molar-refractivity contribution is -0.116. The number of carbonyl (C=O) groups is 1. The van der Waals surface area contributed by atoms with Crippen LogP contribution in [0.2, 0.25) is 4.34 Å². The predicted molar refractivity (Wildman–Crippen MR) is 147 cm³/mol. The number of pyridine rings is 1. The van der Waals surface area contributed by atoms with Gasteiger partial charge in [-0.05, 0) is 73.6 Å². The first kappa shape index (κ1) is 27.0. The summed E-state index contributed by atoms with van der Waals surface area (Å²) < 4.78 is 41.4. The first-order valence-corrected chi connectivity index (χ1v) is 14.2. The molecule has 0 radical (unpaired) electrons. The Morgan fingerprint density at radius 2 is 1.89 bits per heavy atom. The van der Waals surface area contributed by atoms with E-state index in [0.29, 0.717) is 15.3 Å². The van der Waals surface area contributed by atoms with Gasteiger partial charge >= 0.3 is 0 Å². The van der Waals surface area contributed by atoms with Crippen molar-refractivity contribution in [3.05, 3.63) is 86.9 Å². The lowest BCUT2D eigenvalue weighted by atomic mass is 10.1. The summed E-state index contributed by atoms with van der Waals surface area (Å²) in [6.07, 6.45) is 1.25. The van der Waals surface area contributed by atoms with Crippen molar-refractivity contribution in [1.82, 2.24) is 9.47 Å². The second-order valence-corrected chi connectivity index (χ2v) is 12.8. The molecule has 1 N–H and O–H groups in total. The predicted octanol–water partition coefficient (Wildman–Crippen LogP) is 4.40. The number of thiophene rings is 1. The minimum atomic E-state index is -3.82. The van der Waals surface area contributed by atoms with Gasteiger partial charge < -0.3 is 10.2 Å². The number of Topliss-reactive ketones (excluding diaryl/α,β-unsaturated/α-hetero) is 1. The minimum Gasteiger partial charge on any atom is -0.384 e. The van der Waals surface area contributed by atoms with Crippen molar-refractivity contribution in [3.8, 4) is 5.69 Å². The van der Waals surface area contributed by atoms with Gasteiger partial charge in [0.05, 0.1) is 10.0 Å². The van der Waals surface area contributed by atoms with Gasteiger partial charge in [-0.15, -0.1) is 11.3 Å². The van der Waals surface area contributed by atoms with Crippen molar-refractivity contribution in [3.63, 3.8) is 0 Å². The maximum absolute atomic E-state index is 15.0. The highest BCUT2D eigenvalue weighted by atomic mass is 35.5. The van der Waals surface area contributed by atoms with Gasteiger partial charge in [0.1, 0.15) is 15.8 Å². The van der Waals surface area contributed by atoms with Crippen LogP contribution in [0.25, 0.3) is 16.5 Å². The summed E-state index contributed by atoms with van der Waals surface area (Å²) in [7, 11) is 0.155. The van der Waals surface area contributed by atoms with Crippen LogP contribution in [0.3, 0.4) is 0 Å². The number of aromatic nitrogens is 1. The zero-order chi connectivity index (χ0) is 26.7. The van der Waals surface area contributed by atoms with Gasteiger partial charge in [0, 0.05) is 36.8 Å². The van der Waals surface area contributed by atoms with E-state index in [1.807, 2.05) is 26.2 Å². The first-order valence-electron chi connectivity index (χ1n) is 11.4. The van der Waals surface area contributed by atoms with Crippen LogP contribution >= 0.6 is 22.9 Å². The molecule has 7 nitrogen and oxygen atoms in total. The second-order valence-electron chi connectivity index (χ2n) is 8.84.